The number of alkyl halides is 3. The predicted octanol–water partition coefficient (Wildman–Crippen LogP) is 9.29. The maximum Gasteiger partial charge on any atom is 0.391 e. The summed E-state index contributed by atoms with van der Waals surface area (Å²) in [5.41, 5.74) is 2.25. The van der Waals surface area contributed by atoms with E-state index in [2.05, 4.69) is 20.8 Å². The minimum absolute atomic E-state index is 0.153. The molecule has 0 bridgehead atoms. The average Bonchev–Trinajstić information content (AvgIpc) is 2.74. The van der Waals surface area contributed by atoms with E-state index in [0.717, 1.165) is 54.5 Å². The van der Waals surface area contributed by atoms with Crippen molar-refractivity contribution in [3.8, 4) is 11.5 Å². The van der Waals surface area contributed by atoms with Crippen LogP contribution >= 0.6 is 0 Å². The van der Waals surface area contributed by atoms with Crippen LogP contribution in [-0.2, 0) is 11.2 Å². The van der Waals surface area contributed by atoms with Crippen molar-refractivity contribution in [2.24, 2.45) is 17.8 Å². The first-order valence-electron chi connectivity index (χ1n) is 13.8. The summed E-state index contributed by atoms with van der Waals surface area (Å²) in [4.78, 5) is 11.5. The van der Waals surface area contributed by atoms with Gasteiger partial charge in [0.25, 0.3) is 0 Å². The number of fused-ring (bicyclic) bond motifs is 1. The molecule has 0 saturated heterocycles. The topological polar surface area (TPSA) is 35.5 Å². The first-order valence-corrected chi connectivity index (χ1v) is 13.8. The number of carbonyl (C=O) groups excluding carboxylic acids is 1. The van der Waals surface area contributed by atoms with Crippen LogP contribution in [0, 0.1) is 31.6 Å². The fourth-order valence-corrected chi connectivity index (χ4v) is 5.48. The number of esters is 1. The summed E-state index contributed by atoms with van der Waals surface area (Å²) in [5, 5.41) is 0. The zero-order valence-corrected chi connectivity index (χ0v) is 23.4. The molecule has 1 aliphatic rings. The molecule has 0 saturated carbocycles. The second-order valence-electron chi connectivity index (χ2n) is 11.8. The van der Waals surface area contributed by atoms with Crippen molar-refractivity contribution in [3.63, 3.8) is 0 Å². The molecular formula is C30H47F3O3. The Labute approximate surface area is 216 Å². The minimum Gasteiger partial charge on any atom is -0.487 e. The molecule has 0 aliphatic carbocycles. The summed E-state index contributed by atoms with van der Waals surface area (Å²) in [6, 6.07) is 1.89. The summed E-state index contributed by atoms with van der Waals surface area (Å²) in [5.74, 6) is 0.907. The smallest absolute Gasteiger partial charge is 0.391 e. The first-order chi connectivity index (χ1) is 16.7. The third kappa shape index (κ3) is 9.30. The monoisotopic (exact) mass is 512 g/mol. The van der Waals surface area contributed by atoms with Gasteiger partial charge in [-0.2, -0.15) is 13.2 Å². The number of ether oxygens (including phenoxy) is 2. The van der Waals surface area contributed by atoms with Crippen molar-refractivity contribution < 1.29 is 27.4 Å². The van der Waals surface area contributed by atoms with E-state index >= 15 is 0 Å². The summed E-state index contributed by atoms with van der Waals surface area (Å²) in [7, 11) is 0. The molecule has 1 heterocycles. The second kappa shape index (κ2) is 13.2. The third-order valence-corrected chi connectivity index (χ3v) is 7.75. The van der Waals surface area contributed by atoms with Crippen LogP contribution in [0.2, 0.25) is 0 Å². The molecule has 0 N–H and O–H groups in total. The summed E-state index contributed by atoms with van der Waals surface area (Å²) in [6.07, 6.45) is 3.75. The zero-order valence-electron chi connectivity index (χ0n) is 23.4. The molecule has 1 aromatic rings. The number of aryl methyl sites for hydroxylation is 1. The van der Waals surface area contributed by atoms with E-state index in [1.807, 2.05) is 26.8 Å². The highest BCUT2D eigenvalue weighted by atomic mass is 19.4. The number of hydrogen-bond donors (Lipinski definition) is 0. The van der Waals surface area contributed by atoms with Crippen LogP contribution in [0.15, 0.2) is 6.07 Å². The van der Waals surface area contributed by atoms with Crippen molar-refractivity contribution >= 4 is 5.97 Å². The first kappa shape index (κ1) is 30.5. The van der Waals surface area contributed by atoms with E-state index in [-0.39, 0.29) is 18.8 Å². The van der Waals surface area contributed by atoms with Crippen molar-refractivity contribution in [3.05, 3.63) is 22.8 Å². The van der Waals surface area contributed by atoms with Gasteiger partial charge in [0.15, 0.2) is 0 Å². The maximum atomic E-state index is 13.7. The van der Waals surface area contributed by atoms with E-state index in [9.17, 15) is 18.0 Å². The number of benzene rings is 1. The lowest BCUT2D eigenvalue weighted by atomic mass is 9.84. The minimum atomic E-state index is -4.15. The van der Waals surface area contributed by atoms with Crippen LogP contribution in [0.5, 0.6) is 11.5 Å². The Balaban J connectivity index is 1.90. The van der Waals surface area contributed by atoms with Gasteiger partial charge in [0, 0.05) is 12.5 Å². The number of hydrogen-bond acceptors (Lipinski definition) is 3. The predicted molar refractivity (Wildman–Crippen MR) is 140 cm³/mol. The van der Waals surface area contributed by atoms with Gasteiger partial charge in [-0.25, -0.2) is 0 Å². The normalized spacial score (nSPS) is 19.5. The van der Waals surface area contributed by atoms with Gasteiger partial charge >= 0.3 is 12.1 Å². The highest BCUT2D eigenvalue weighted by Crippen LogP contribution is 2.43. The van der Waals surface area contributed by atoms with Crippen molar-refractivity contribution in [2.45, 2.75) is 131 Å². The molecule has 1 aliphatic heterocycles. The van der Waals surface area contributed by atoms with Crippen LogP contribution in [0.25, 0.3) is 0 Å². The van der Waals surface area contributed by atoms with Gasteiger partial charge in [-0.3, -0.25) is 4.79 Å². The Morgan fingerprint density at radius 2 is 1.67 bits per heavy atom. The largest absolute Gasteiger partial charge is 0.487 e. The van der Waals surface area contributed by atoms with E-state index in [4.69, 9.17) is 9.47 Å². The Morgan fingerprint density at radius 3 is 2.25 bits per heavy atom. The fourth-order valence-electron chi connectivity index (χ4n) is 5.48. The molecular weight excluding hydrogens is 465 g/mol. The Hall–Kier alpha value is -1.72. The molecule has 2 rings (SSSR count). The zero-order chi connectivity index (χ0) is 27.1. The maximum absolute atomic E-state index is 13.7. The van der Waals surface area contributed by atoms with E-state index < -0.39 is 17.7 Å². The van der Waals surface area contributed by atoms with Gasteiger partial charge in [0.2, 0.25) is 0 Å². The Morgan fingerprint density at radius 1 is 1.06 bits per heavy atom. The Bertz CT molecular complexity index is 862. The van der Waals surface area contributed by atoms with Gasteiger partial charge in [-0.05, 0) is 88.3 Å². The Kier molecular flexibility index (Phi) is 11.2. The lowest BCUT2D eigenvalue weighted by Crippen LogP contribution is -2.37. The molecule has 1 aromatic carbocycles. The quantitative estimate of drug-likeness (QED) is 0.195. The number of carbonyl (C=O) groups is 1. The highest BCUT2D eigenvalue weighted by Gasteiger charge is 2.39. The van der Waals surface area contributed by atoms with Gasteiger partial charge in [0.1, 0.15) is 17.1 Å². The van der Waals surface area contributed by atoms with Crippen LogP contribution in [0.3, 0.4) is 0 Å². The fraction of sp³-hybridized carbons (Fsp3) is 0.767. The summed E-state index contributed by atoms with van der Waals surface area (Å²) >= 11 is 0. The molecule has 3 atom stereocenters. The molecule has 0 fully saturated rings. The number of halogens is 3. The third-order valence-electron chi connectivity index (χ3n) is 7.75. The molecule has 6 heteroatoms. The van der Waals surface area contributed by atoms with Crippen LogP contribution in [0.1, 0.15) is 116 Å². The van der Waals surface area contributed by atoms with Gasteiger partial charge in [0.05, 0.1) is 5.92 Å². The van der Waals surface area contributed by atoms with Crippen LogP contribution < -0.4 is 9.47 Å². The second-order valence-corrected chi connectivity index (χ2v) is 11.8. The standard InChI is InChI=1S/C30H47F3O3/c1-20(2)11-8-12-21(3)13-9-14-25(30(31,32)33)15-10-17-29(7)18-16-26-23(5)28(35-24(6)34)22(4)19-27(26)36-29/h19-21,25H,8-18H2,1-7H3. The van der Waals surface area contributed by atoms with Crippen LogP contribution in [0.4, 0.5) is 13.2 Å². The SMILES string of the molecule is CC(=O)Oc1c(C)cc2c(c1C)CCC(C)(CCCC(CCCC(C)CCCC(C)C)C(F)(F)F)O2. The van der Waals surface area contributed by atoms with E-state index in [0.29, 0.717) is 36.8 Å². The van der Waals surface area contributed by atoms with E-state index in [1.54, 1.807) is 0 Å². The van der Waals surface area contributed by atoms with Crippen molar-refractivity contribution in [1.82, 2.24) is 0 Å². The molecule has 3 unspecified atom stereocenters. The molecule has 3 nitrogen and oxygen atoms in total. The summed E-state index contributed by atoms with van der Waals surface area (Å²) in [6.45, 7) is 13.8. The molecule has 0 amide bonds. The van der Waals surface area contributed by atoms with E-state index in [1.165, 1.54) is 13.3 Å². The molecule has 36 heavy (non-hydrogen) atoms. The molecule has 0 spiro atoms. The lowest BCUT2D eigenvalue weighted by Gasteiger charge is -2.37. The van der Waals surface area contributed by atoms with Crippen molar-refractivity contribution in [2.75, 3.05) is 0 Å². The average molecular weight is 513 g/mol. The van der Waals surface area contributed by atoms with Gasteiger partial charge < -0.3 is 9.47 Å². The lowest BCUT2D eigenvalue weighted by molar-refractivity contribution is -0.179. The highest BCUT2D eigenvalue weighted by molar-refractivity contribution is 5.71. The van der Waals surface area contributed by atoms with Crippen LogP contribution in [-0.4, -0.2) is 17.7 Å². The summed E-state index contributed by atoms with van der Waals surface area (Å²) < 4.78 is 53.0. The van der Waals surface area contributed by atoms with Gasteiger partial charge in [-0.1, -0.05) is 52.9 Å². The van der Waals surface area contributed by atoms with Gasteiger partial charge in [-0.15, -0.1) is 0 Å². The molecule has 206 valence electrons. The molecule has 0 aromatic heterocycles. The molecule has 0 radical (unpaired) electrons. The van der Waals surface area contributed by atoms with Crippen molar-refractivity contribution in [1.29, 1.82) is 0 Å². The number of rotatable bonds is 13.